The Morgan fingerprint density at radius 2 is 1.54 bits per heavy atom. The molecule has 0 unspecified atom stereocenters. The van der Waals surface area contributed by atoms with Gasteiger partial charge in [-0.15, -0.1) is 5.11 Å². The molecule has 0 amide bonds. The predicted octanol–water partition coefficient (Wildman–Crippen LogP) is 2.18. The summed E-state index contributed by atoms with van der Waals surface area (Å²) in [6, 6.07) is 8.87. The molecular formula is C14H12N4O6S2. The molecule has 3 aromatic rings. The first-order valence-electron chi connectivity index (χ1n) is 6.92. The molecule has 0 bridgehead atoms. The largest absolute Gasteiger partial charge is 0.493 e. The minimum absolute atomic E-state index is 0.0407. The first-order chi connectivity index (χ1) is 12.1. The Kier molecular flexibility index (Phi) is 4.28. The Labute approximate surface area is 147 Å². The maximum Gasteiger partial charge on any atom is 0.294 e. The average Bonchev–Trinajstić information content (AvgIpc) is 2.86. The molecule has 0 aliphatic heterocycles. The molecule has 0 spiro atoms. The number of H-pyrrole nitrogens is 1. The lowest BCUT2D eigenvalue weighted by atomic mass is 10.2. The standard InChI is InChI=1S/C14H12N4O6S2/c15-25(20,21)9-3-1-8(2-4-9)17-18-13-11-7-10(26(22,23)24)5-6-12(11)16-14(13)19/h1-7,16,19H,(H2,15,20,21)(H,22,23,24). The molecule has 0 saturated heterocycles. The third kappa shape index (κ3) is 3.57. The summed E-state index contributed by atoms with van der Waals surface area (Å²) in [5.74, 6) is -0.350. The number of nitrogens with one attached hydrogen (secondary N) is 1. The second-order valence-corrected chi connectivity index (χ2v) is 8.23. The molecule has 0 fully saturated rings. The molecule has 5 N–H and O–H groups in total. The van der Waals surface area contributed by atoms with Gasteiger partial charge < -0.3 is 10.1 Å². The van der Waals surface area contributed by atoms with E-state index in [-0.39, 0.29) is 32.4 Å². The van der Waals surface area contributed by atoms with E-state index in [4.69, 9.17) is 9.69 Å². The summed E-state index contributed by atoms with van der Waals surface area (Å²) in [7, 11) is -8.25. The zero-order valence-electron chi connectivity index (χ0n) is 12.9. The minimum atomic E-state index is -4.42. The fourth-order valence-corrected chi connectivity index (χ4v) is 3.24. The Bertz CT molecular complexity index is 1230. The fourth-order valence-electron chi connectivity index (χ4n) is 2.21. The molecule has 0 aliphatic carbocycles. The van der Waals surface area contributed by atoms with Crippen LogP contribution in [-0.2, 0) is 20.1 Å². The van der Waals surface area contributed by atoms with Crippen molar-refractivity contribution in [3.05, 3.63) is 42.5 Å². The van der Waals surface area contributed by atoms with Crippen LogP contribution in [0.15, 0.2) is 62.5 Å². The summed E-state index contributed by atoms with van der Waals surface area (Å²) in [6.45, 7) is 0. The normalized spacial score (nSPS) is 12.8. The van der Waals surface area contributed by atoms with E-state index in [1.807, 2.05) is 0 Å². The predicted molar refractivity (Wildman–Crippen MR) is 91.8 cm³/mol. The number of fused-ring (bicyclic) bond motifs is 1. The molecule has 26 heavy (non-hydrogen) atoms. The van der Waals surface area contributed by atoms with Crippen LogP contribution in [0.5, 0.6) is 5.88 Å². The van der Waals surface area contributed by atoms with Crippen LogP contribution in [0, 0.1) is 0 Å². The molecular weight excluding hydrogens is 384 g/mol. The summed E-state index contributed by atoms with van der Waals surface area (Å²) in [5.41, 5.74) is 0.617. The summed E-state index contributed by atoms with van der Waals surface area (Å²) < 4.78 is 54.1. The SMILES string of the molecule is NS(=O)(=O)c1ccc(N=Nc2c(O)[nH]c3ccc(S(=O)(=O)O)cc23)cc1. The molecule has 0 radical (unpaired) electrons. The maximum absolute atomic E-state index is 11.3. The first kappa shape index (κ1) is 18.0. The van der Waals surface area contributed by atoms with Gasteiger partial charge in [-0.3, -0.25) is 4.55 Å². The number of rotatable bonds is 4. The van der Waals surface area contributed by atoms with E-state index in [1.165, 1.54) is 36.4 Å². The zero-order chi connectivity index (χ0) is 19.1. The third-order valence-corrected chi connectivity index (χ3v) is 5.23. The number of aromatic amines is 1. The molecule has 0 saturated carbocycles. The fraction of sp³-hybridized carbons (Fsp3) is 0. The maximum atomic E-state index is 11.3. The van der Waals surface area contributed by atoms with Crippen molar-refractivity contribution in [2.24, 2.45) is 15.4 Å². The first-order valence-corrected chi connectivity index (χ1v) is 9.91. The minimum Gasteiger partial charge on any atom is -0.493 e. The highest BCUT2D eigenvalue weighted by Crippen LogP contribution is 2.37. The lowest BCUT2D eigenvalue weighted by molar-refractivity contribution is 0.459. The van der Waals surface area contributed by atoms with Crippen molar-refractivity contribution >= 4 is 42.4 Å². The number of benzene rings is 2. The molecule has 136 valence electrons. The smallest absolute Gasteiger partial charge is 0.294 e. The van der Waals surface area contributed by atoms with Crippen LogP contribution in [0.2, 0.25) is 0 Å². The van der Waals surface area contributed by atoms with Crippen LogP contribution in [-0.4, -0.2) is 31.5 Å². The zero-order valence-corrected chi connectivity index (χ0v) is 14.5. The summed E-state index contributed by atoms with van der Waals surface area (Å²) in [5, 5.41) is 22.9. The van der Waals surface area contributed by atoms with Crippen LogP contribution in [0.3, 0.4) is 0 Å². The molecule has 10 nitrogen and oxygen atoms in total. The van der Waals surface area contributed by atoms with Gasteiger partial charge in [0.1, 0.15) is 0 Å². The number of nitrogens with two attached hydrogens (primary N) is 1. The molecule has 2 aromatic carbocycles. The van der Waals surface area contributed by atoms with E-state index in [2.05, 4.69) is 15.2 Å². The van der Waals surface area contributed by atoms with Crippen molar-refractivity contribution in [3.8, 4) is 5.88 Å². The highest BCUT2D eigenvalue weighted by atomic mass is 32.2. The van der Waals surface area contributed by atoms with Gasteiger partial charge in [0.05, 0.1) is 21.0 Å². The third-order valence-electron chi connectivity index (χ3n) is 3.45. The van der Waals surface area contributed by atoms with Crippen LogP contribution >= 0.6 is 0 Å². The number of aromatic hydroxyl groups is 1. The van der Waals surface area contributed by atoms with Gasteiger partial charge in [-0.1, -0.05) is 0 Å². The van der Waals surface area contributed by atoms with Crippen molar-refractivity contribution in [1.82, 2.24) is 4.98 Å². The second-order valence-electron chi connectivity index (χ2n) is 5.24. The van der Waals surface area contributed by atoms with Crippen LogP contribution in [0.1, 0.15) is 0 Å². The summed E-state index contributed by atoms with van der Waals surface area (Å²) in [4.78, 5) is 2.14. The summed E-state index contributed by atoms with van der Waals surface area (Å²) >= 11 is 0. The van der Waals surface area contributed by atoms with Crippen molar-refractivity contribution in [1.29, 1.82) is 0 Å². The Morgan fingerprint density at radius 1 is 0.923 bits per heavy atom. The van der Waals surface area contributed by atoms with Crippen LogP contribution in [0.4, 0.5) is 11.4 Å². The van der Waals surface area contributed by atoms with Gasteiger partial charge in [-0.05, 0) is 42.5 Å². The highest BCUT2D eigenvalue weighted by molar-refractivity contribution is 7.89. The van der Waals surface area contributed by atoms with Gasteiger partial charge in [0, 0.05) is 5.39 Å². The second kappa shape index (κ2) is 6.17. The van der Waals surface area contributed by atoms with E-state index < -0.39 is 20.1 Å². The molecule has 1 heterocycles. The van der Waals surface area contributed by atoms with Gasteiger partial charge >= 0.3 is 0 Å². The summed E-state index contributed by atoms with van der Waals surface area (Å²) in [6.07, 6.45) is 0. The molecule has 1 aromatic heterocycles. The van der Waals surface area contributed by atoms with E-state index >= 15 is 0 Å². The number of primary sulfonamides is 1. The van der Waals surface area contributed by atoms with Crippen LogP contribution < -0.4 is 5.14 Å². The lowest BCUT2D eigenvalue weighted by Crippen LogP contribution is -2.11. The number of aromatic nitrogens is 1. The van der Waals surface area contributed by atoms with E-state index in [0.717, 1.165) is 6.07 Å². The van der Waals surface area contributed by atoms with Gasteiger partial charge in [0.25, 0.3) is 10.1 Å². The van der Waals surface area contributed by atoms with Crippen molar-refractivity contribution in [2.45, 2.75) is 9.79 Å². The Balaban J connectivity index is 2.02. The quantitative estimate of drug-likeness (QED) is 0.388. The topological polar surface area (TPSA) is 175 Å². The Hall–Kier alpha value is -2.80. The number of azo groups is 1. The Morgan fingerprint density at radius 3 is 2.12 bits per heavy atom. The molecule has 3 rings (SSSR count). The van der Waals surface area contributed by atoms with Crippen molar-refractivity contribution < 1.29 is 26.5 Å². The van der Waals surface area contributed by atoms with Crippen molar-refractivity contribution in [2.75, 3.05) is 0 Å². The van der Waals surface area contributed by atoms with Gasteiger partial charge in [0.15, 0.2) is 5.69 Å². The number of hydrogen-bond donors (Lipinski definition) is 4. The van der Waals surface area contributed by atoms with Gasteiger partial charge in [0.2, 0.25) is 15.9 Å². The van der Waals surface area contributed by atoms with Gasteiger partial charge in [-0.25, -0.2) is 13.6 Å². The molecule has 12 heteroatoms. The monoisotopic (exact) mass is 396 g/mol. The lowest BCUT2D eigenvalue weighted by Gasteiger charge is -1.98. The van der Waals surface area contributed by atoms with E-state index in [9.17, 15) is 21.9 Å². The van der Waals surface area contributed by atoms with Gasteiger partial charge in [-0.2, -0.15) is 13.5 Å². The highest BCUT2D eigenvalue weighted by Gasteiger charge is 2.16. The number of nitrogens with zero attached hydrogens (tertiary/aromatic N) is 2. The average molecular weight is 396 g/mol. The van der Waals surface area contributed by atoms with Crippen LogP contribution in [0.25, 0.3) is 10.9 Å². The number of hydrogen-bond acceptors (Lipinski definition) is 7. The molecule has 0 atom stereocenters. The number of sulfonamides is 1. The molecule has 0 aliphatic rings. The van der Waals surface area contributed by atoms with Crippen molar-refractivity contribution in [3.63, 3.8) is 0 Å². The van der Waals surface area contributed by atoms with E-state index in [0.29, 0.717) is 5.52 Å². The van der Waals surface area contributed by atoms with E-state index in [1.54, 1.807) is 0 Å².